The Morgan fingerprint density at radius 2 is 2.11 bits per heavy atom. The summed E-state index contributed by atoms with van der Waals surface area (Å²) in [6.45, 7) is 5.71. The van der Waals surface area contributed by atoms with Crippen molar-refractivity contribution in [3.8, 4) is 5.82 Å². The van der Waals surface area contributed by atoms with Crippen LogP contribution in [-0.4, -0.2) is 25.8 Å². The van der Waals surface area contributed by atoms with Gasteiger partial charge in [-0.3, -0.25) is 0 Å². The highest BCUT2D eigenvalue weighted by Gasteiger charge is 2.16. The second-order valence-corrected chi connectivity index (χ2v) is 3.60. The van der Waals surface area contributed by atoms with Gasteiger partial charge in [0.2, 0.25) is 0 Å². The molecule has 0 unspecified atom stereocenters. The molecule has 18 heavy (non-hydrogen) atoms. The second-order valence-electron chi connectivity index (χ2n) is 3.20. The highest BCUT2D eigenvalue weighted by atomic mass is 35.5. The van der Waals surface area contributed by atoms with E-state index in [9.17, 15) is 4.79 Å². The Labute approximate surface area is 110 Å². The lowest BCUT2D eigenvalue weighted by atomic mass is 10.3. The van der Waals surface area contributed by atoms with Crippen LogP contribution in [-0.2, 0) is 0 Å². The first-order valence-corrected chi connectivity index (χ1v) is 5.88. The van der Waals surface area contributed by atoms with Crippen LogP contribution >= 0.6 is 11.6 Å². The summed E-state index contributed by atoms with van der Waals surface area (Å²) in [6, 6.07) is 4.77. The fourth-order valence-corrected chi connectivity index (χ4v) is 1.55. The van der Waals surface area contributed by atoms with Crippen LogP contribution < -0.4 is 0 Å². The molecular formula is C12H14ClN3O2. The SMILES string of the molecule is CC.Cc1cc(C(=O)O)n(-c2ncccc2Cl)n1. The number of pyridine rings is 1. The third kappa shape index (κ3) is 2.87. The Kier molecular flexibility index (Phi) is 4.85. The number of carbonyl (C=O) groups is 1. The topological polar surface area (TPSA) is 68.0 Å². The van der Waals surface area contributed by atoms with E-state index in [0.29, 0.717) is 16.5 Å². The minimum absolute atomic E-state index is 0.0399. The molecule has 0 bridgehead atoms. The number of nitrogens with zero attached hydrogens (tertiary/aromatic N) is 3. The number of hydrogen-bond donors (Lipinski definition) is 1. The summed E-state index contributed by atoms with van der Waals surface area (Å²) in [4.78, 5) is 15.0. The van der Waals surface area contributed by atoms with Crippen LogP contribution in [0.5, 0.6) is 0 Å². The Morgan fingerprint density at radius 3 is 2.67 bits per heavy atom. The molecule has 0 spiro atoms. The molecule has 2 aromatic rings. The van der Waals surface area contributed by atoms with Crippen LogP contribution in [0.25, 0.3) is 5.82 Å². The molecule has 0 aliphatic rings. The molecule has 0 fully saturated rings. The van der Waals surface area contributed by atoms with Crippen LogP contribution in [0.3, 0.4) is 0 Å². The Bertz CT molecular complexity index is 552. The molecule has 1 N–H and O–H groups in total. The van der Waals surface area contributed by atoms with Crippen molar-refractivity contribution in [2.24, 2.45) is 0 Å². The first kappa shape index (κ1) is 14.2. The van der Waals surface area contributed by atoms with Crippen LogP contribution in [0.15, 0.2) is 24.4 Å². The highest BCUT2D eigenvalue weighted by molar-refractivity contribution is 6.32. The van der Waals surface area contributed by atoms with Crippen molar-refractivity contribution in [1.29, 1.82) is 0 Å². The number of aromatic nitrogens is 3. The van der Waals surface area contributed by atoms with E-state index in [4.69, 9.17) is 16.7 Å². The molecule has 2 heterocycles. The van der Waals surface area contributed by atoms with Gasteiger partial charge in [0.25, 0.3) is 0 Å². The lowest BCUT2D eigenvalue weighted by molar-refractivity contribution is 0.0687. The average molecular weight is 268 g/mol. The minimum Gasteiger partial charge on any atom is -0.477 e. The van der Waals surface area contributed by atoms with Gasteiger partial charge in [-0.1, -0.05) is 25.4 Å². The van der Waals surface area contributed by atoms with E-state index in [-0.39, 0.29) is 5.69 Å². The van der Waals surface area contributed by atoms with Crippen LogP contribution in [0.2, 0.25) is 5.02 Å². The van der Waals surface area contributed by atoms with Gasteiger partial charge < -0.3 is 5.11 Å². The molecule has 0 saturated heterocycles. The summed E-state index contributed by atoms with van der Waals surface area (Å²) >= 11 is 5.93. The molecule has 0 amide bonds. The molecule has 0 aromatic carbocycles. The van der Waals surface area contributed by atoms with Crippen LogP contribution in [0.1, 0.15) is 30.0 Å². The van der Waals surface area contributed by atoms with Gasteiger partial charge in [0.1, 0.15) is 0 Å². The molecule has 0 aliphatic heterocycles. The van der Waals surface area contributed by atoms with Crippen molar-refractivity contribution < 1.29 is 9.90 Å². The molecule has 96 valence electrons. The summed E-state index contributed by atoms with van der Waals surface area (Å²) in [6.07, 6.45) is 1.53. The maximum atomic E-state index is 11.0. The molecule has 6 heteroatoms. The predicted octanol–water partition coefficient (Wildman–Crippen LogP) is 2.95. The Morgan fingerprint density at radius 1 is 1.44 bits per heavy atom. The highest BCUT2D eigenvalue weighted by Crippen LogP contribution is 2.18. The number of aromatic carboxylic acids is 1. The van der Waals surface area contributed by atoms with Crippen molar-refractivity contribution in [3.63, 3.8) is 0 Å². The lowest BCUT2D eigenvalue weighted by Gasteiger charge is -2.04. The summed E-state index contributed by atoms with van der Waals surface area (Å²) in [5.74, 6) is -0.753. The summed E-state index contributed by atoms with van der Waals surface area (Å²) in [7, 11) is 0. The Balaban J connectivity index is 0.000000771. The van der Waals surface area contributed by atoms with Gasteiger partial charge in [-0.15, -0.1) is 0 Å². The maximum Gasteiger partial charge on any atom is 0.354 e. The lowest BCUT2D eigenvalue weighted by Crippen LogP contribution is -2.09. The standard InChI is InChI=1S/C10H8ClN3O2.C2H6/c1-6-5-8(10(15)16)14(13-6)9-7(11)3-2-4-12-9;1-2/h2-5H,1H3,(H,15,16);1-2H3. The minimum atomic E-state index is -1.07. The van der Waals surface area contributed by atoms with E-state index in [1.165, 1.54) is 16.9 Å². The smallest absolute Gasteiger partial charge is 0.354 e. The molecule has 2 aromatic heterocycles. The average Bonchev–Trinajstić information content (AvgIpc) is 2.74. The molecular weight excluding hydrogens is 254 g/mol. The summed E-state index contributed by atoms with van der Waals surface area (Å²) in [5.41, 5.74) is 0.636. The van der Waals surface area contributed by atoms with Gasteiger partial charge in [0, 0.05) is 6.20 Å². The zero-order chi connectivity index (χ0) is 13.7. The van der Waals surface area contributed by atoms with Crippen LogP contribution in [0.4, 0.5) is 0 Å². The van der Waals surface area contributed by atoms with E-state index in [2.05, 4.69) is 10.1 Å². The van der Waals surface area contributed by atoms with Crippen molar-refractivity contribution in [2.75, 3.05) is 0 Å². The second kappa shape index (κ2) is 6.16. The first-order valence-electron chi connectivity index (χ1n) is 5.50. The van der Waals surface area contributed by atoms with E-state index in [0.717, 1.165) is 0 Å². The Hall–Kier alpha value is -1.88. The molecule has 0 saturated carbocycles. The number of hydrogen-bond acceptors (Lipinski definition) is 3. The maximum absolute atomic E-state index is 11.0. The van der Waals surface area contributed by atoms with Gasteiger partial charge in [-0.05, 0) is 25.1 Å². The van der Waals surface area contributed by atoms with E-state index >= 15 is 0 Å². The van der Waals surface area contributed by atoms with Crippen molar-refractivity contribution >= 4 is 17.6 Å². The number of halogens is 1. The van der Waals surface area contributed by atoms with Gasteiger partial charge in [-0.2, -0.15) is 5.10 Å². The predicted molar refractivity (Wildman–Crippen MR) is 69.4 cm³/mol. The largest absolute Gasteiger partial charge is 0.477 e. The molecule has 0 radical (unpaired) electrons. The third-order valence-electron chi connectivity index (χ3n) is 1.99. The van der Waals surface area contributed by atoms with E-state index in [1.807, 2.05) is 13.8 Å². The first-order chi connectivity index (χ1) is 8.59. The van der Waals surface area contributed by atoms with Crippen molar-refractivity contribution in [3.05, 3.63) is 40.8 Å². The number of aryl methyl sites for hydroxylation is 1. The van der Waals surface area contributed by atoms with Crippen molar-refractivity contribution in [2.45, 2.75) is 20.8 Å². The monoisotopic (exact) mass is 267 g/mol. The van der Waals surface area contributed by atoms with Crippen molar-refractivity contribution in [1.82, 2.24) is 14.8 Å². The molecule has 2 rings (SSSR count). The summed E-state index contributed by atoms with van der Waals surface area (Å²) in [5, 5.41) is 13.4. The number of carboxylic acid groups (broad SMARTS) is 1. The van der Waals surface area contributed by atoms with Gasteiger partial charge in [0.05, 0.1) is 10.7 Å². The zero-order valence-electron chi connectivity index (χ0n) is 10.4. The van der Waals surface area contributed by atoms with E-state index in [1.54, 1.807) is 19.1 Å². The molecule has 0 aliphatic carbocycles. The normalized spacial score (nSPS) is 9.56. The quantitative estimate of drug-likeness (QED) is 0.908. The van der Waals surface area contributed by atoms with Gasteiger partial charge >= 0.3 is 5.97 Å². The molecule has 0 atom stereocenters. The molecule has 5 nitrogen and oxygen atoms in total. The third-order valence-corrected chi connectivity index (χ3v) is 2.29. The summed E-state index contributed by atoms with van der Waals surface area (Å²) < 4.78 is 1.22. The van der Waals surface area contributed by atoms with Gasteiger partial charge in [0.15, 0.2) is 11.5 Å². The fourth-order valence-electron chi connectivity index (χ4n) is 1.35. The van der Waals surface area contributed by atoms with Gasteiger partial charge in [-0.25, -0.2) is 14.5 Å². The fraction of sp³-hybridized carbons (Fsp3) is 0.250. The van der Waals surface area contributed by atoms with Crippen LogP contribution in [0, 0.1) is 6.92 Å². The van der Waals surface area contributed by atoms with E-state index < -0.39 is 5.97 Å². The number of rotatable bonds is 2. The number of carboxylic acids is 1. The zero-order valence-corrected chi connectivity index (χ0v) is 11.1.